The average Bonchev–Trinajstić information content (AvgIpc) is 3.46. The summed E-state index contributed by atoms with van der Waals surface area (Å²) in [6.45, 7) is 23.2. The summed E-state index contributed by atoms with van der Waals surface area (Å²) in [6, 6.07) is 19.6. The van der Waals surface area contributed by atoms with Crippen LogP contribution in [0.1, 0.15) is 33.4 Å². The van der Waals surface area contributed by atoms with Crippen molar-refractivity contribution in [2.75, 3.05) is 0 Å². The second-order valence-corrected chi connectivity index (χ2v) is 8.55. The van der Waals surface area contributed by atoms with Crippen molar-refractivity contribution < 1.29 is 8.78 Å². The summed E-state index contributed by atoms with van der Waals surface area (Å²) in [5, 5.41) is 29.9. The van der Waals surface area contributed by atoms with Crippen LogP contribution in [0.25, 0.3) is 48.1 Å². The summed E-state index contributed by atoms with van der Waals surface area (Å²) in [5.41, 5.74) is 2.60. The van der Waals surface area contributed by atoms with Gasteiger partial charge in [-0.2, -0.15) is 5.26 Å². The fourth-order valence-corrected chi connectivity index (χ4v) is 5.00. The van der Waals surface area contributed by atoms with Crippen LogP contribution in [-0.4, -0.2) is 0 Å². The summed E-state index contributed by atoms with van der Waals surface area (Å²) in [5.74, 6) is -1.01. The molecule has 3 aromatic carbocycles. The molecule has 2 aliphatic rings. The zero-order chi connectivity index (χ0) is 28.6. The third-order valence-electron chi connectivity index (χ3n) is 6.61. The molecule has 0 unspecified atom stereocenters. The van der Waals surface area contributed by atoms with Gasteiger partial charge in [0.2, 0.25) is 5.70 Å². The van der Waals surface area contributed by atoms with Gasteiger partial charge in [-0.25, -0.2) is 33.8 Å². The van der Waals surface area contributed by atoms with E-state index in [1.165, 1.54) is 48.5 Å². The van der Waals surface area contributed by atoms with Crippen LogP contribution >= 0.6 is 0 Å². The van der Waals surface area contributed by atoms with Crippen LogP contribution in [0.4, 0.5) is 8.78 Å². The molecule has 0 N–H and O–H groups in total. The maximum absolute atomic E-state index is 13.7. The molecule has 8 heteroatoms. The summed E-state index contributed by atoms with van der Waals surface area (Å²) < 4.78 is 27.5. The number of nitrogens with zero attached hydrogens (tertiary/aromatic N) is 6. The van der Waals surface area contributed by atoms with Crippen molar-refractivity contribution in [3.63, 3.8) is 0 Å². The highest BCUT2D eigenvalue weighted by Crippen LogP contribution is 2.54. The number of rotatable bonds is 2. The van der Waals surface area contributed by atoms with E-state index < -0.39 is 11.6 Å². The van der Waals surface area contributed by atoms with Crippen LogP contribution in [0.2, 0.25) is 0 Å². The fourth-order valence-electron chi connectivity index (χ4n) is 5.00. The van der Waals surface area contributed by atoms with Gasteiger partial charge in [0, 0.05) is 5.57 Å². The van der Waals surface area contributed by atoms with Crippen molar-refractivity contribution in [1.29, 1.82) is 15.8 Å². The van der Waals surface area contributed by atoms with E-state index in [-0.39, 0.29) is 45.0 Å². The molecular formula is C32H10F2N6. The van der Waals surface area contributed by atoms with Crippen molar-refractivity contribution in [3.05, 3.63) is 151 Å². The van der Waals surface area contributed by atoms with Gasteiger partial charge in [0.15, 0.2) is 0 Å². The molecule has 0 amide bonds. The van der Waals surface area contributed by atoms with Crippen LogP contribution in [0, 0.1) is 65.3 Å². The molecule has 6 nitrogen and oxygen atoms in total. The van der Waals surface area contributed by atoms with E-state index in [0.717, 1.165) is 0 Å². The largest absolute Gasteiger partial charge is 0.270 e. The Hall–Kier alpha value is -6.58. The second-order valence-electron chi connectivity index (χ2n) is 8.55. The van der Waals surface area contributed by atoms with E-state index in [4.69, 9.17) is 19.7 Å². The third-order valence-corrected chi connectivity index (χ3v) is 6.61. The van der Waals surface area contributed by atoms with Crippen LogP contribution in [0.3, 0.4) is 0 Å². The molecule has 0 saturated carbocycles. The average molecular weight is 516 g/mol. The summed E-state index contributed by atoms with van der Waals surface area (Å²) in [6.07, 6.45) is 0. The van der Waals surface area contributed by atoms with E-state index in [0.29, 0.717) is 33.4 Å². The van der Waals surface area contributed by atoms with Gasteiger partial charge in [-0.3, -0.25) is 0 Å². The highest BCUT2D eigenvalue weighted by atomic mass is 19.1. The summed E-state index contributed by atoms with van der Waals surface area (Å²) >= 11 is 0. The SMILES string of the molecule is [C-]#[N+]C1=C(c2ccc(F)cc2)/C(=C(/C#N)[N+]#[C-])c2cc3c(cc21)/C(=C(/C#N)[N+]#[C-])C(c1ccc(F)cc1)=C3C#N. The lowest BCUT2D eigenvalue weighted by Crippen LogP contribution is -1.94. The van der Waals surface area contributed by atoms with E-state index in [9.17, 15) is 24.6 Å². The second kappa shape index (κ2) is 9.71. The molecule has 0 aromatic heterocycles. The minimum absolute atomic E-state index is 0.0882. The molecule has 0 radical (unpaired) electrons. The molecule has 0 bridgehead atoms. The molecule has 182 valence electrons. The predicted molar refractivity (Wildman–Crippen MR) is 143 cm³/mol. The highest BCUT2D eigenvalue weighted by Gasteiger charge is 2.36. The normalized spacial score (nSPS) is 15.5. The minimum Gasteiger partial charge on any atom is -0.237 e. The van der Waals surface area contributed by atoms with Crippen molar-refractivity contribution >= 4 is 33.6 Å². The Morgan fingerprint density at radius 2 is 1.07 bits per heavy atom. The van der Waals surface area contributed by atoms with Crippen molar-refractivity contribution in [2.45, 2.75) is 0 Å². The van der Waals surface area contributed by atoms with E-state index in [2.05, 4.69) is 20.6 Å². The van der Waals surface area contributed by atoms with Gasteiger partial charge in [-0.15, -0.1) is 0 Å². The number of nitriles is 3. The zero-order valence-corrected chi connectivity index (χ0v) is 20.2. The van der Waals surface area contributed by atoms with Crippen molar-refractivity contribution in [1.82, 2.24) is 0 Å². The lowest BCUT2D eigenvalue weighted by Gasteiger charge is -2.12. The molecule has 0 heterocycles. The standard InChI is InChI=1S/C32H10F2N6/c1-38-26(15-36)30-22-13-24-23(12-21(22)25(14-35)28(30)17-4-8-19(33)9-5-17)31(27(16-37)39-2)29(32(24)40-3)18-6-10-20(34)11-7-18/h4-13H/b30-26+,31-27-. The first-order valence-electron chi connectivity index (χ1n) is 11.4. The first-order valence-corrected chi connectivity index (χ1v) is 11.4. The molecule has 2 aliphatic carbocycles. The van der Waals surface area contributed by atoms with Gasteiger partial charge in [0.25, 0.3) is 11.4 Å². The molecule has 5 rings (SSSR count). The van der Waals surface area contributed by atoms with Gasteiger partial charge in [0.05, 0.1) is 37.4 Å². The topological polar surface area (TPSA) is 84.4 Å². The van der Waals surface area contributed by atoms with Gasteiger partial charge in [-0.05, 0) is 80.4 Å². The maximum Gasteiger partial charge on any atom is 0.270 e. The van der Waals surface area contributed by atoms with Crippen LogP contribution in [0.15, 0.2) is 72.1 Å². The smallest absolute Gasteiger partial charge is 0.237 e. The van der Waals surface area contributed by atoms with Crippen molar-refractivity contribution in [2.24, 2.45) is 0 Å². The monoisotopic (exact) mass is 516 g/mol. The first kappa shape index (κ1) is 25.1. The Morgan fingerprint density at radius 1 is 0.625 bits per heavy atom. The molecule has 0 atom stereocenters. The van der Waals surface area contributed by atoms with E-state index >= 15 is 0 Å². The number of allylic oxidation sites excluding steroid dienone is 7. The van der Waals surface area contributed by atoms with E-state index in [1.807, 2.05) is 12.1 Å². The number of benzene rings is 3. The first-order chi connectivity index (χ1) is 19.4. The molecule has 0 aliphatic heterocycles. The Bertz CT molecular complexity index is 1870. The minimum atomic E-state index is -0.508. The number of halogens is 2. The predicted octanol–water partition coefficient (Wildman–Crippen LogP) is 7.52. The van der Waals surface area contributed by atoms with Crippen LogP contribution in [-0.2, 0) is 0 Å². The third kappa shape index (κ3) is 3.64. The molecule has 3 aromatic rings. The van der Waals surface area contributed by atoms with Gasteiger partial charge in [-0.1, -0.05) is 30.3 Å². The Morgan fingerprint density at radius 3 is 1.52 bits per heavy atom. The van der Waals surface area contributed by atoms with Crippen molar-refractivity contribution in [3.8, 4) is 18.2 Å². The van der Waals surface area contributed by atoms with Crippen LogP contribution in [0.5, 0.6) is 0 Å². The number of hydrogen-bond donors (Lipinski definition) is 0. The summed E-state index contributed by atoms with van der Waals surface area (Å²) in [4.78, 5) is 10.4. The summed E-state index contributed by atoms with van der Waals surface area (Å²) in [7, 11) is 0. The number of hydrogen-bond acceptors (Lipinski definition) is 3. The quantitative estimate of drug-likeness (QED) is 0.261. The lowest BCUT2D eigenvalue weighted by molar-refractivity contribution is 0.627. The Labute approximate surface area is 227 Å². The molecule has 0 saturated heterocycles. The molecule has 0 spiro atoms. The van der Waals surface area contributed by atoms with Gasteiger partial charge in [0.1, 0.15) is 17.7 Å². The Kier molecular flexibility index (Phi) is 6.09. The molecule has 40 heavy (non-hydrogen) atoms. The lowest BCUT2D eigenvalue weighted by atomic mass is 9.92. The number of fused-ring (bicyclic) bond motifs is 2. The molecule has 0 fully saturated rings. The Balaban J connectivity index is 1.92. The fraction of sp³-hybridized carbons (Fsp3) is 0. The van der Waals surface area contributed by atoms with Gasteiger partial charge >= 0.3 is 0 Å². The maximum atomic E-state index is 13.7. The molecular weight excluding hydrogens is 506 g/mol. The highest BCUT2D eigenvalue weighted by molar-refractivity contribution is 6.29. The zero-order valence-electron chi connectivity index (χ0n) is 20.2. The van der Waals surface area contributed by atoms with Crippen LogP contribution < -0.4 is 0 Å². The van der Waals surface area contributed by atoms with Gasteiger partial charge < -0.3 is 0 Å². The van der Waals surface area contributed by atoms with E-state index in [1.54, 1.807) is 12.1 Å².